The number of phenolic OH excluding ortho intramolecular Hbond substituents is 1. The molecule has 2 N–H and O–H groups in total. The Morgan fingerprint density at radius 3 is 2.24 bits per heavy atom. The molecule has 114 valence electrons. The van der Waals surface area contributed by atoms with Gasteiger partial charge < -0.3 is 24.7 Å². The number of carboxylic acids is 1. The molecule has 1 saturated heterocycles. The number of piperazine rings is 1. The number of nitrogens with zero attached hydrogens (tertiary/aromatic N) is 2. The highest BCUT2D eigenvalue weighted by Gasteiger charge is 2.21. The van der Waals surface area contributed by atoms with Crippen molar-refractivity contribution in [1.29, 1.82) is 0 Å². The van der Waals surface area contributed by atoms with Gasteiger partial charge in [0, 0.05) is 31.9 Å². The lowest BCUT2D eigenvalue weighted by Crippen LogP contribution is -2.49. The lowest BCUT2D eigenvalue weighted by molar-refractivity contribution is -0.145. The lowest BCUT2D eigenvalue weighted by atomic mass is 10.2. The van der Waals surface area contributed by atoms with Crippen LogP contribution in [-0.4, -0.2) is 66.4 Å². The summed E-state index contributed by atoms with van der Waals surface area (Å²) in [5.41, 5.74) is 1.00. The number of carbonyl (C=O) groups is 2. The van der Waals surface area contributed by atoms with E-state index >= 15 is 0 Å². The van der Waals surface area contributed by atoms with E-state index in [1.165, 1.54) is 0 Å². The van der Waals surface area contributed by atoms with Crippen molar-refractivity contribution in [3.05, 3.63) is 24.3 Å². The minimum atomic E-state index is -1.08. The molecule has 0 aliphatic carbocycles. The minimum absolute atomic E-state index is 0.193. The lowest BCUT2D eigenvalue weighted by Gasteiger charge is -2.36. The monoisotopic (exact) mass is 294 g/mol. The molecule has 7 nitrogen and oxygen atoms in total. The molecule has 0 radical (unpaired) electrons. The predicted molar refractivity (Wildman–Crippen MR) is 75.4 cm³/mol. The third-order valence-corrected chi connectivity index (χ3v) is 3.30. The average Bonchev–Trinajstić information content (AvgIpc) is 2.48. The number of hydrogen-bond acceptors (Lipinski definition) is 5. The number of rotatable bonds is 5. The molecular weight excluding hydrogens is 276 g/mol. The van der Waals surface area contributed by atoms with Crippen molar-refractivity contribution in [3.8, 4) is 5.75 Å². The zero-order chi connectivity index (χ0) is 15.2. The summed E-state index contributed by atoms with van der Waals surface area (Å²) in [7, 11) is 0. The van der Waals surface area contributed by atoms with Crippen molar-refractivity contribution in [2.45, 2.75) is 0 Å². The maximum Gasteiger partial charge on any atom is 0.329 e. The number of carboxylic acid groups (broad SMARTS) is 1. The fourth-order valence-corrected chi connectivity index (χ4v) is 2.19. The number of benzene rings is 1. The van der Waals surface area contributed by atoms with Crippen LogP contribution >= 0.6 is 0 Å². The van der Waals surface area contributed by atoms with Crippen LogP contribution in [0.25, 0.3) is 0 Å². The minimum Gasteiger partial charge on any atom is -0.508 e. The number of phenols is 1. The Labute approximate surface area is 122 Å². The molecule has 0 spiro atoms. The maximum atomic E-state index is 11.8. The first kappa shape index (κ1) is 15.1. The van der Waals surface area contributed by atoms with Gasteiger partial charge in [0.05, 0.1) is 0 Å². The highest BCUT2D eigenvalue weighted by molar-refractivity contribution is 5.78. The standard InChI is InChI=1S/C14H18N2O5/c17-12-3-1-11(2-4-12)15-5-7-16(8-6-15)13(18)9-21-10-14(19)20/h1-4,17H,5-10H2,(H,19,20). The van der Waals surface area contributed by atoms with Gasteiger partial charge >= 0.3 is 5.97 Å². The van der Waals surface area contributed by atoms with Gasteiger partial charge in [0.25, 0.3) is 0 Å². The van der Waals surface area contributed by atoms with E-state index in [9.17, 15) is 14.7 Å². The number of aliphatic carboxylic acids is 1. The number of amides is 1. The van der Waals surface area contributed by atoms with Gasteiger partial charge in [-0.25, -0.2) is 4.79 Å². The quantitative estimate of drug-likeness (QED) is 0.803. The van der Waals surface area contributed by atoms with E-state index in [-0.39, 0.29) is 18.3 Å². The molecule has 0 unspecified atom stereocenters. The van der Waals surface area contributed by atoms with Crippen LogP contribution in [0.3, 0.4) is 0 Å². The molecule has 1 amide bonds. The third kappa shape index (κ3) is 4.35. The molecule has 7 heteroatoms. The maximum absolute atomic E-state index is 11.8. The van der Waals surface area contributed by atoms with E-state index in [0.29, 0.717) is 26.2 Å². The molecule has 1 aromatic rings. The van der Waals surface area contributed by atoms with E-state index < -0.39 is 12.6 Å². The van der Waals surface area contributed by atoms with Crippen molar-refractivity contribution >= 4 is 17.6 Å². The summed E-state index contributed by atoms with van der Waals surface area (Å²) in [5.74, 6) is -1.05. The van der Waals surface area contributed by atoms with Crippen molar-refractivity contribution in [3.63, 3.8) is 0 Å². The molecular formula is C14H18N2O5. The van der Waals surface area contributed by atoms with Crippen LogP contribution in [0.4, 0.5) is 5.69 Å². The topological polar surface area (TPSA) is 90.3 Å². The van der Waals surface area contributed by atoms with Crippen LogP contribution in [0.2, 0.25) is 0 Å². The van der Waals surface area contributed by atoms with Gasteiger partial charge in [-0.05, 0) is 24.3 Å². The first-order chi connectivity index (χ1) is 10.1. The number of anilines is 1. The van der Waals surface area contributed by atoms with E-state index in [1.807, 2.05) is 12.1 Å². The zero-order valence-electron chi connectivity index (χ0n) is 11.6. The fourth-order valence-electron chi connectivity index (χ4n) is 2.19. The Morgan fingerprint density at radius 1 is 1.05 bits per heavy atom. The molecule has 0 saturated carbocycles. The van der Waals surface area contributed by atoms with Gasteiger partial charge in [0.15, 0.2) is 0 Å². The van der Waals surface area contributed by atoms with Crippen LogP contribution in [-0.2, 0) is 14.3 Å². The summed E-state index contributed by atoms with van der Waals surface area (Å²) in [6, 6.07) is 6.94. The highest BCUT2D eigenvalue weighted by Crippen LogP contribution is 2.19. The summed E-state index contributed by atoms with van der Waals surface area (Å²) >= 11 is 0. The number of ether oxygens (including phenoxy) is 1. The summed E-state index contributed by atoms with van der Waals surface area (Å²) in [6.07, 6.45) is 0. The summed E-state index contributed by atoms with van der Waals surface area (Å²) < 4.78 is 4.80. The predicted octanol–water partition coefficient (Wildman–Crippen LogP) is 0.142. The molecule has 1 heterocycles. The number of aromatic hydroxyl groups is 1. The average molecular weight is 294 g/mol. The summed E-state index contributed by atoms with van der Waals surface area (Å²) in [4.78, 5) is 25.9. The van der Waals surface area contributed by atoms with Gasteiger partial charge in [-0.15, -0.1) is 0 Å². The van der Waals surface area contributed by atoms with Gasteiger partial charge in [0.1, 0.15) is 19.0 Å². The molecule has 1 fully saturated rings. The normalized spacial score (nSPS) is 15.0. The zero-order valence-corrected chi connectivity index (χ0v) is 11.6. The van der Waals surface area contributed by atoms with Crippen LogP contribution in [0.15, 0.2) is 24.3 Å². The van der Waals surface area contributed by atoms with Gasteiger partial charge in [-0.1, -0.05) is 0 Å². The van der Waals surface area contributed by atoms with E-state index in [0.717, 1.165) is 5.69 Å². The van der Waals surface area contributed by atoms with Crippen LogP contribution in [0.5, 0.6) is 5.75 Å². The Morgan fingerprint density at radius 2 is 1.67 bits per heavy atom. The smallest absolute Gasteiger partial charge is 0.329 e. The van der Waals surface area contributed by atoms with Crippen LogP contribution in [0.1, 0.15) is 0 Å². The molecule has 0 atom stereocenters. The van der Waals surface area contributed by atoms with Crippen LogP contribution in [0, 0.1) is 0 Å². The molecule has 0 bridgehead atoms. The molecule has 1 aliphatic rings. The first-order valence-corrected chi connectivity index (χ1v) is 6.67. The second kappa shape index (κ2) is 6.94. The third-order valence-electron chi connectivity index (χ3n) is 3.30. The molecule has 1 aromatic carbocycles. The fraction of sp³-hybridized carbons (Fsp3) is 0.429. The van der Waals surface area contributed by atoms with Gasteiger partial charge in [0.2, 0.25) is 5.91 Å². The Hall–Kier alpha value is -2.28. The first-order valence-electron chi connectivity index (χ1n) is 6.67. The molecule has 21 heavy (non-hydrogen) atoms. The van der Waals surface area contributed by atoms with Crippen molar-refractivity contribution in [1.82, 2.24) is 4.90 Å². The Kier molecular flexibility index (Phi) is 4.99. The second-order valence-corrected chi connectivity index (χ2v) is 4.77. The molecule has 2 rings (SSSR count). The number of hydrogen-bond donors (Lipinski definition) is 2. The summed E-state index contributed by atoms with van der Waals surface area (Å²) in [6.45, 7) is 1.85. The Balaban J connectivity index is 1.78. The highest BCUT2D eigenvalue weighted by atomic mass is 16.5. The summed E-state index contributed by atoms with van der Waals surface area (Å²) in [5, 5.41) is 17.7. The largest absolute Gasteiger partial charge is 0.508 e. The van der Waals surface area contributed by atoms with Gasteiger partial charge in [-0.2, -0.15) is 0 Å². The SMILES string of the molecule is O=C(O)COCC(=O)N1CCN(c2ccc(O)cc2)CC1. The number of carbonyl (C=O) groups excluding carboxylic acids is 1. The molecule has 0 aromatic heterocycles. The van der Waals surface area contributed by atoms with Crippen molar-refractivity contribution in [2.75, 3.05) is 44.3 Å². The van der Waals surface area contributed by atoms with Crippen LogP contribution < -0.4 is 4.90 Å². The van der Waals surface area contributed by atoms with Crippen molar-refractivity contribution in [2.24, 2.45) is 0 Å². The Bertz CT molecular complexity index is 495. The molecule has 1 aliphatic heterocycles. The van der Waals surface area contributed by atoms with Crippen molar-refractivity contribution < 1.29 is 24.5 Å². The van der Waals surface area contributed by atoms with E-state index in [1.54, 1.807) is 17.0 Å². The second-order valence-electron chi connectivity index (χ2n) is 4.77. The van der Waals surface area contributed by atoms with E-state index in [4.69, 9.17) is 9.84 Å². The van der Waals surface area contributed by atoms with Gasteiger partial charge in [-0.3, -0.25) is 4.79 Å². The van der Waals surface area contributed by atoms with E-state index in [2.05, 4.69) is 4.90 Å².